The molecular formula is C52H97NO10. The molecule has 0 N–H and O–H groups in total. The largest absolute Gasteiger partial charge is 0.466 e. The lowest BCUT2D eigenvalue weighted by Gasteiger charge is -2.32. The first-order chi connectivity index (χ1) is 30.5. The van der Waals surface area contributed by atoms with Crippen molar-refractivity contribution in [2.45, 2.75) is 235 Å². The molecule has 0 aromatic heterocycles. The van der Waals surface area contributed by atoms with Gasteiger partial charge in [0.2, 0.25) is 0 Å². The Morgan fingerprint density at radius 3 is 1.14 bits per heavy atom. The maximum atomic E-state index is 13.5. The van der Waals surface area contributed by atoms with E-state index < -0.39 is 17.4 Å². The number of hydrogen-bond acceptors (Lipinski definition) is 11. The molecule has 0 aliphatic rings. The molecule has 0 fully saturated rings. The third-order valence-electron chi connectivity index (χ3n) is 12.2. The lowest BCUT2D eigenvalue weighted by Crippen LogP contribution is -2.44. The fraction of sp³-hybridized carbons (Fsp3) is 0.904. The monoisotopic (exact) mass is 896 g/mol. The van der Waals surface area contributed by atoms with Gasteiger partial charge in [-0.2, -0.15) is 0 Å². The van der Waals surface area contributed by atoms with Crippen molar-refractivity contribution in [3.63, 3.8) is 0 Å². The van der Waals surface area contributed by atoms with Crippen LogP contribution in [-0.2, 0) is 47.7 Å². The predicted octanol–water partition coefficient (Wildman–Crippen LogP) is 12.7. The number of hydrogen-bond donors (Lipinski definition) is 0. The Bertz CT molecular complexity index is 1100. The van der Waals surface area contributed by atoms with E-state index in [9.17, 15) is 24.0 Å². The molecule has 0 aromatic rings. The van der Waals surface area contributed by atoms with Gasteiger partial charge in [-0.1, -0.05) is 164 Å². The van der Waals surface area contributed by atoms with E-state index in [4.69, 9.17) is 23.7 Å². The first-order valence-electron chi connectivity index (χ1n) is 26.0. The maximum absolute atomic E-state index is 13.5. The van der Waals surface area contributed by atoms with Crippen LogP contribution in [-0.4, -0.2) is 87.4 Å². The Kier molecular flexibility index (Phi) is 40.2. The molecule has 0 aliphatic heterocycles. The molecule has 11 heteroatoms. The molecule has 0 saturated carbocycles. The summed E-state index contributed by atoms with van der Waals surface area (Å²) in [5.74, 6) is -1.53. The highest BCUT2D eigenvalue weighted by Crippen LogP contribution is 2.27. The molecule has 11 nitrogen and oxygen atoms in total. The number of ether oxygens (including phenoxy) is 5. The summed E-state index contributed by atoms with van der Waals surface area (Å²) in [6.45, 7) is 16.9. The van der Waals surface area contributed by atoms with E-state index in [0.717, 1.165) is 110 Å². The van der Waals surface area contributed by atoms with Gasteiger partial charge >= 0.3 is 29.8 Å². The Labute approximate surface area is 385 Å². The first kappa shape index (κ1) is 60.3. The molecule has 2 atom stereocenters. The van der Waals surface area contributed by atoms with Gasteiger partial charge in [0.05, 0.1) is 6.61 Å². The highest BCUT2D eigenvalue weighted by atomic mass is 16.6. The second-order valence-electron chi connectivity index (χ2n) is 18.2. The fourth-order valence-corrected chi connectivity index (χ4v) is 7.99. The average molecular weight is 896 g/mol. The van der Waals surface area contributed by atoms with Gasteiger partial charge in [-0.15, -0.1) is 0 Å². The van der Waals surface area contributed by atoms with Crippen molar-refractivity contribution in [2.24, 2.45) is 17.3 Å². The molecule has 0 heterocycles. The minimum atomic E-state index is -1.31. The van der Waals surface area contributed by atoms with Gasteiger partial charge in [0.15, 0.2) is 0 Å². The lowest BCUT2D eigenvalue weighted by atomic mass is 9.91. The van der Waals surface area contributed by atoms with Crippen molar-refractivity contribution in [1.82, 2.24) is 4.90 Å². The van der Waals surface area contributed by atoms with Gasteiger partial charge in [0, 0.05) is 32.1 Å². The fourth-order valence-electron chi connectivity index (χ4n) is 7.99. The van der Waals surface area contributed by atoms with Crippen molar-refractivity contribution >= 4 is 29.8 Å². The van der Waals surface area contributed by atoms with E-state index in [-0.39, 0.29) is 88.3 Å². The average Bonchev–Trinajstić information content (AvgIpc) is 3.27. The van der Waals surface area contributed by atoms with Crippen LogP contribution >= 0.6 is 0 Å². The normalized spacial score (nSPS) is 13.3. The van der Waals surface area contributed by atoms with Gasteiger partial charge in [0.1, 0.15) is 31.8 Å². The number of nitrogens with zero attached hydrogens (tertiary/aromatic N) is 1. The van der Waals surface area contributed by atoms with Crippen LogP contribution in [0.3, 0.4) is 0 Å². The van der Waals surface area contributed by atoms with E-state index >= 15 is 0 Å². The highest BCUT2D eigenvalue weighted by Gasteiger charge is 2.38. The van der Waals surface area contributed by atoms with Gasteiger partial charge in [-0.05, 0) is 70.0 Å². The zero-order valence-corrected chi connectivity index (χ0v) is 41.8. The smallest absolute Gasteiger partial charge is 0.306 e. The van der Waals surface area contributed by atoms with Crippen molar-refractivity contribution in [2.75, 3.05) is 52.7 Å². The topological polar surface area (TPSA) is 135 Å². The zero-order chi connectivity index (χ0) is 46.8. The summed E-state index contributed by atoms with van der Waals surface area (Å²) in [7, 11) is 0. The van der Waals surface area contributed by atoms with Crippen LogP contribution < -0.4 is 0 Å². The predicted molar refractivity (Wildman–Crippen MR) is 254 cm³/mol. The number of carbonyl (C=O) groups is 5. The number of esters is 5. The Morgan fingerprint density at radius 2 is 0.746 bits per heavy atom. The second-order valence-corrected chi connectivity index (χ2v) is 18.2. The third-order valence-corrected chi connectivity index (χ3v) is 12.2. The number of rotatable bonds is 45. The number of unbranched alkanes of at least 4 members (excludes halogenated alkanes) is 13. The molecular weight excluding hydrogens is 799 g/mol. The highest BCUT2D eigenvalue weighted by molar-refractivity contribution is 5.72. The Morgan fingerprint density at radius 1 is 0.381 bits per heavy atom. The van der Waals surface area contributed by atoms with Gasteiger partial charge in [-0.25, -0.2) is 0 Å². The SMILES string of the molecule is CCCCCCCOC(=O)CCCCC(=O)OCC(COC(=O)CCCN(CC)CC)(COC(=O)CC(CCC)CCCCCCC)COC(=O)CC(CCC)CCCCCCC. The standard InChI is InChI=1S/C52H97NO10/c1-8-15-18-21-24-32-45(30-11-4)39-50(57)62-43-52(42-61-49(56)36-29-37-53(13-6)14-7,44-63-51(58)40-46(31-12-5)33-25-22-19-16-9-2)41-60-48(55)35-27-26-34-47(54)59-38-28-23-20-17-10-3/h45-46H,8-44H2,1-7H3. The summed E-state index contributed by atoms with van der Waals surface area (Å²) in [6.07, 6.45) is 25.2. The van der Waals surface area contributed by atoms with Gasteiger partial charge in [-0.3, -0.25) is 24.0 Å². The zero-order valence-electron chi connectivity index (χ0n) is 41.8. The first-order valence-corrected chi connectivity index (χ1v) is 26.0. The van der Waals surface area contributed by atoms with E-state index in [1.54, 1.807) is 0 Å². The van der Waals surface area contributed by atoms with Gasteiger partial charge in [0.25, 0.3) is 0 Å². The van der Waals surface area contributed by atoms with Crippen LogP contribution in [0.15, 0.2) is 0 Å². The Balaban J connectivity index is 6.05. The molecule has 0 aliphatic carbocycles. The molecule has 370 valence electrons. The van der Waals surface area contributed by atoms with Crippen molar-refractivity contribution in [3.8, 4) is 0 Å². The molecule has 0 spiro atoms. The molecule has 0 bridgehead atoms. The van der Waals surface area contributed by atoms with E-state index in [1.165, 1.54) is 44.9 Å². The third kappa shape index (κ3) is 35.3. The quantitative estimate of drug-likeness (QED) is 0.0328. The van der Waals surface area contributed by atoms with Crippen LogP contribution in [0, 0.1) is 17.3 Å². The molecule has 63 heavy (non-hydrogen) atoms. The summed E-state index contributed by atoms with van der Waals surface area (Å²) < 4.78 is 29.0. The van der Waals surface area contributed by atoms with E-state index in [2.05, 4.69) is 53.4 Å². The Hall–Kier alpha value is -2.69. The minimum Gasteiger partial charge on any atom is -0.466 e. The van der Waals surface area contributed by atoms with Gasteiger partial charge < -0.3 is 28.6 Å². The summed E-state index contributed by atoms with van der Waals surface area (Å²) in [6, 6.07) is 0. The summed E-state index contributed by atoms with van der Waals surface area (Å²) in [4.78, 5) is 68.0. The van der Waals surface area contributed by atoms with Crippen molar-refractivity contribution in [1.29, 1.82) is 0 Å². The summed E-state index contributed by atoms with van der Waals surface area (Å²) >= 11 is 0. The van der Waals surface area contributed by atoms with E-state index in [1.807, 2.05) is 0 Å². The van der Waals surface area contributed by atoms with Crippen LogP contribution in [0.25, 0.3) is 0 Å². The minimum absolute atomic E-state index is 0.0685. The molecule has 0 amide bonds. The van der Waals surface area contributed by atoms with Crippen LogP contribution in [0.4, 0.5) is 0 Å². The van der Waals surface area contributed by atoms with E-state index in [0.29, 0.717) is 25.9 Å². The van der Waals surface area contributed by atoms with Crippen LogP contribution in [0.1, 0.15) is 235 Å². The molecule has 0 saturated heterocycles. The van der Waals surface area contributed by atoms with Crippen molar-refractivity contribution in [3.05, 3.63) is 0 Å². The molecule has 0 rings (SSSR count). The maximum Gasteiger partial charge on any atom is 0.306 e. The number of carbonyl (C=O) groups excluding carboxylic acids is 5. The second kappa shape index (κ2) is 42.0. The van der Waals surface area contributed by atoms with Crippen LogP contribution in [0.2, 0.25) is 0 Å². The van der Waals surface area contributed by atoms with Crippen LogP contribution in [0.5, 0.6) is 0 Å². The summed E-state index contributed by atoms with van der Waals surface area (Å²) in [5, 5.41) is 0. The summed E-state index contributed by atoms with van der Waals surface area (Å²) in [5.41, 5.74) is -1.31. The lowest BCUT2D eigenvalue weighted by molar-refractivity contribution is -0.171. The van der Waals surface area contributed by atoms with Crippen molar-refractivity contribution < 1.29 is 47.7 Å². The molecule has 0 radical (unpaired) electrons. The molecule has 2 unspecified atom stereocenters. The molecule has 0 aromatic carbocycles.